The van der Waals surface area contributed by atoms with Crippen LogP contribution in [0.5, 0.6) is 0 Å². The molecule has 1 aromatic carbocycles. The molecule has 2 aromatic rings. The van der Waals surface area contributed by atoms with Crippen molar-refractivity contribution >= 4 is 29.1 Å². The Balaban J connectivity index is 1.38. The van der Waals surface area contributed by atoms with Crippen LogP contribution in [0.25, 0.3) is 0 Å². The first-order valence-corrected chi connectivity index (χ1v) is 10.1. The lowest BCUT2D eigenvalue weighted by atomic mass is 9.90. The summed E-state index contributed by atoms with van der Waals surface area (Å²) in [5.74, 6) is 1.82. The Hall–Kier alpha value is -1.89. The number of rotatable bonds is 6. The van der Waals surface area contributed by atoms with Gasteiger partial charge in [0.1, 0.15) is 5.02 Å². The Morgan fingerprint density at radius 2 is 1.96 bits per heavy atom. The van der Waals surface area contributed by atoms with E-state index in [9.17, 15) is 0 Å². The van der Waals surface area contributed by atoms with E-state index in [1.165, 1.54) is 18.4 Å². The number of nitrogens with zero attached hydrogens (tertiary/aromatic N) is 2. The van der Waals surface area contributed by atoms with Crippen LogP contribution in [0.3, 0.4) is 0 Å². The average Bonchev–Trinajstić information content (AvgIpc) is 3.23. The third-order valence-electron chi connectivity index (χ3n) is 5.24. The Labute approximate surface area is 165 Å². The molecule has 0 aliphatic carbocycles. The lowest BCUT2D eigenvalue weighted by Gasteiger charge is -2.23. The van der Waals surface area contributed by atoms with E-state index in [1.807, 2.05) is 0 Å². The zero-order chi connectivity index (χ0) is 18.5. The lowest BCUT2D eigenvalue weighted by Crippen LogP contribution is -2.26. The van der Waals surface area contributed by atoms with Crippen molar-refractivity contribution in [3.05, 3.63) is 41.0 Å². The normalized spacial score (nSPS) is 20.6. The van der Waals surface area contributed by atoms with Gasteiger partial charge in [0.25, 0.3) is 0 Å². The molecular formula is C20H26ClN5O. The molecule has 1 aromatic heterocycles. The standard InChI is InChI=1S/C20H26ClN5O/c21-18-13-24-20(26-19(18)23-12-17-2-1-11-27-17)25-16-5-3-14(4-6-16)15-7-9-22-10-8-15/h3-6,13,15,17,22H,1-2,7-12H2,(H2,23,24,25,26)/t17-/m1/s1. The summed E-state index contributed by atoms with van der Waals surface area (Å²) in [7, 11) is 0. The molecule has 144 valence electrons. The number of piperidine rings is 1. The fourth-order valence-corrected chi connectivity index (χ4v) is 3.85. The van der Waals surface area contributed by atoms with Crippen molar-refractivity contribution in [1.82, 2.24) is 15.3 Å². The van der Waals surface area contributed by atoms with Gasteiger partial charge in [0.2, 0.25) is 5.95 Å². The lowest BCUT2D eigenvalue weighted by molar-refractivity contribution is 0.120. The zero-order valence-corrected chi connectivity index (χ0v) is 16.1. The Bertz CT molecular complexity index is 743. The minimum atomic E-state index is 0.231. The predicted octanol–water partition coefficient (Wildman–Crippen LogP) is 3.93. The summed E-state index contributed by atoms with van der Waals surface area (Å²) in [6.45, 7) is 3.75. The van der Waals surface area contributed by atoms with Gasteiger partial charge in [-0.2, -0.15) is 4.98 Å². The maximum Gasteiger partial charge on any atom is 0.229 e. The van der Waals surface area contributed by atoms with Crippen molar-refractivity contribution in [3.8, 4) is 0 Å². The maximum atomic E-state index is 6.23. The molecule has 0 saturated carbocycles. The van der Waals surface area contributed by atoms with Gasteiger partial charge in [-0.05, 0) is 62.4 Å². The van der Waals surface area contributed by atoms with Crippen LogP contribution < -0.4 is 16.0 Å². The predicted molar refractivity (Wildman–Crippen MR) is 109 cm³/mol. The van der Waals surface area contributed by atoms with Crippen LogP contribution in [0.1, 0.15) is 37.2 Å². The van der Waals surface area contributed by atoms with Gasteiger partial charge in [-0.1, -0.05) is 23.7 Å². The summed E-state index contributed by atoms with van der Waals surface area (Å²) in [5.41, 5.74) is 2.37. The minimum Gasteiger partial charge on any atom is -0.376 e. The van der Waals surface area contributed by atoms with E-state index in [0.29, 0.717) is 29.3 Å². The molecule has 0 spiro atoms. The van der Waals surface area contributed by atoms with Gasteiger partial charge in [0, 0.05) is 18.8 Å². The molecule has 2 fully saturated rings. The highest BCUT2D eigenvalue weighted by Gasteiger charge is 2.17. The van der Waals surface area contributed by atoms with Gasteiger partial charge < -0.3 is 20.7 Å². The number of hydrogen-bond acceptors (Lipinski definition) is 6. The van der Waals surface area contributed by atoms with Gasteiger partial charge in [0.05, 0.1) is 12.3 Å². The SMILES string of the molecule is Clc1cnc(Nc2ccc(C3CCNCC3)cc2)nc1NC[C@H]1CCCO1. The molecule has 0 bridgehead atoms. The van der Waals surface area contributed by atoms with Crippen molar-refractivity contribution in [2.24, 2.45) is 0 Å². The summed E-state index contributed by atoms with van der Waals surface area (Å²) < 4.78 is 5.63. The summed E-state index contributed by atoms with van der Waals surface area (Å²) in [4.78, 5) is 8.80. The van der Waals surface area contributed by atoms with Crippen molar-refractivity contribution in [2.75, 3.05) is 36.9 Å². The highest BCUT2D eigenvalue weighted by molar-refractivity contribution is 6.32. The number of aromatic nitrogens is 2. The molecule has 1 atom stereocenters. The van der Waals surface area contributed by atoms with E-state index in [-0.39, 0.29) is 6.10 Å². The van der Waals surface area contributed by atoms with Crippen LogP contribution in [0.2, 0.25) is 5.02 Å². The van der Waals surface area contributed by atoms with E-state index in [2.05, 4.69) is 50.2 Å². The quantitative estimate of drug-likeness (QED) is 0.697. The first-order chi connectivity index (χ1) is 13.3. The summed E-state index contributed by atoms with van der Waals surface area (Å²) in [5, 5.41) is 10.5. The molecule has 0 radical (unpaired) electrons. The van der Waals surface area contributed by atoms with Crippen molar-refractivity contribution in [2.45, 2.75) is 37.7 Å². The molecule has 6 nitrogen and oxygen atoms in total. The molecule has 3 N–H and O–H groups in total. The number of nitrogens with one attached hydrogen (secondary N) is 3. The third-order valence-corrected chi connectivity index (χ3v) is 5.52. The molecule has 2 aliphatic rings. The van der Waals surface area contributed by atoms with Gasteiger partial charge in [-0.3, -0.25) is 0 Å². The zero-order valence-electron chi connectivity index (χ0n) is 15.4. The fraction of sp³-hybridized carbons (Fsp3) is 0.500. The first-order valence-electron chi connectivity index (χ1n) is 9.73. The number of hydrogen-bond donors (Lipinski definition) is 3. The molecule has 0 unspecified atom stereocenters. The van der Waals surface area contributed by atoms with Crippen LogP contribution in [-0.4, -0.2) is 42.3 Å². The smallest absolute Gasteiger partial charge is 0.229 e. The van der Waals surface area contributed by atoms with Gasteiger partial charge in [-0.25, -0.2) is 4.98 Å². The van der Waals surface area contributed by atoms with Crippen LogP contribution >= 0.6 is 11.6 Å². The maximum absolute atomic E-state index is 6.23. The molecule has 27 heavy (non-hydrogen) atoms. The summed E-state index contributed by atoms with van der Waals surface area (Å²) in [6.07, 6.45) is 6.45. The highest BCUT2D eigenvalue weighted by atomic mass is 35.5. The topological polar surface area (TPSA) is 71.1 Å². The number of ether oxygens (including phenoxy) is 1. The molecule has 2 saturated heterocycles. The molecule has 4 rings (SSSR count). The molecular weight excluding hydrogens is 362 g/mol. The van der Waals surface area contributed by atoms with E-state index >= 15 is 0 Å². The minimum absolute atomic E-state index is 0.231. The van der Waals surface area contributed by atoms with Crippen molar-refractivity contribution < 1.29 is 4.74 Å². The molecule has 3 heterocycles. The second-order valence-electron chi connectivity index (χ2n) is 7.18. The fourth-order valence-electron chi connectivity index (χ4n) is 3.69. The number of anilines is 3. The van der Waals surface area contributed by atoms with Crippen LogP contribution in [-0.2, 0) is 4.74 Å². The Morgan fingerprint density at radius 1 is 1.15 bits per heavy atom. The first kappa shape index (κ1) is 18.5. The van der Waals surface area contributed by atoms with E-state index < -0.39 is 0 Å². The van der Waals surface area contributed by atoms with Gasteiger partial charge >= 0.3 is 0 Å². The Kier molecular flexibility index (Phi) is 6.07. The molecule has 2 aliphatic heterocycles. The van der Waals surface area contributed by atoms with E-state index in [1.54, 1.807) is 6.20 Å². The second kappa shape index (κ2) is 8.87. The van der Waals surface area contributed by atoms with E-state index in [4.69, 9.17) is 16.3 Å². The summed E-state index contributed by atoms with van der Waals surface area (Å²) >= 11 is 6.23. The van der Waals surface area contributed by atoms with Crippen molar-refractivity contribution in [1.29, 1.82) is 0 Å². The third kappa shape index (κ3) is 4.89. The number of benzene rings is 1. The molecule has 0 amide bonds. The average molecular weight is 388 g/mol. The monoisotopic (exact) mass is 387 g/mol. The van der Waals surface area contributed by atoms with E-state index in [0.717, 1.165) is 38.2 Å². The largest absolute Gasteiger partial charge is 0.376 e. The number of halogens is 1. The molecule has 7 heteroatoms. The van der Waals surface area contributed by atoms with Crippen LogP contribution in [0, 0.1) is 0 Å². The van der Waals surface area contributed by atoms with Crippen LogP contribution in [0.4, 0.5) is 17.5 Å². The van der Waals surface area contributed by atoms with Crippen LogP contribution in [0.15, 0.2) is 30.5 Å². The van der Waals surface area contributed by atoms with Gasteiger partial charge in [-0.15, -0.1) is 0 Å². The second-order valence-corrected chi connectivity index (χ2v) is 7.58. The summed E-state index contributed by atoms with van der Waals surface area (Å²) in [6, 6.07) is 8.58. The highest BCUT2D eigenvalue weighted by Crippen LogP contribution is 2.27. The van der Waals surface area contributed by atoms with Gasteiger partial charge in [0.15, 0.2) is 5.82 Å². The Morgan fingerprint density at radius 3 is 2.70 bits per heavy atom. The van der Waals surface area contributed by atoms with Crippen molar-refractivity contribution in [3.63, 3.8) is 0 Å².